The van der Waals surface area contributed by atoms with Crippen molar-refractivity contribution in [1.82, 2.24) is 19.7 Å². The highest BCUT2D eigenvalue weighted by atomic mass is 19.1. The van der Waals surface area contributed by atoms with E-state index in [4.69, 9.17) is 15.7 Å². The van der Waals surface area contributed by atoms with Crippen LogP contribution in [-0.2, 0) is 18.9 Å². The van der Waals surface area contributed by atoms with Gasteiger partial charge in [-0.1, -0.05) is 24.3 Å². The van der Waals surface area contributed by atoms with Gasteiger partial charge in [0.1, 0.15) is 5.82 Å². The minimum Gasteiger partial charge on any atom is -0.340 e. The molecule has 4 aromatic rings. The Labute approximate surface area is 175 Å². The first-order chi connectivity index (χ1) is 14.3. The van der Waals surface area contributed by atoms with Gasteiger partial charge in [0.15, 0.2) is 0 Å². The summed E-state index contributed by atoms with van der Waals surface area (Å²) in [5, 5.41) is 3.82. The zero-order valence-electron chi connectivity index (χ0n) is 16.2. The molecule has 142 valence electrons. The maximum absolute atomic E-state index is 15.0. The number of aryl methyl sites for hydroxylation is 1. The summed E-state index contributed by atoms with van der Waals surface area (Å²) in [6.45, 7) is -0.0619. The van der Waals surface area contributed by atoms with Crippen molar-refractivity contribution < 1.29 is 9.18 Å². The summed E-state index contributed by atoms with van der Waals surface area (Å²) in [5.41, 5.74) is 3.35. The quantitative estimate of drug-likeness (QED) is 0.504. The predicted molar refractivity (Wildman–Crippen MR) is 113 cm³/mol. The van der Waals surface area contributed by atoms with Crippen molar-refractivity contribution in [3.8, 4) is 11.1 Å². The average molecular weight is 392 g/mol. The Balaban J connectivity index is 1.46. The maximum Gasteiger partial charge on any atom is 0.255 e. The fraction of sp³-hybridized carbons (Fsp3) is 0.136. The molecular formula is C22H15B2FN4O. The second-order valence-corrected chi connectivity index (χ2v) is 7.50. The summed E-state index contributed by atoms with van der Waals surface area (Å²) in [4.78, 5) is 18.1. The van der Waals surface area contributed by atoms with Gasteiger partial charge in [0.2, 0.25) is 0 Å². The van der Waals surface area contributed by atoms with Gasteiger partial charge in [-0.25, -0.2) is 4.39 Å². The van der Waals surface area contributed by atoms with Gasteiger partial charge in [0.25, 0.3) is 5.91 Å². The molecule has 2 aromatic heterocycles. The van der Waals surface area contributed by atoms with Crippen molar-refractivity contribution in [1.29, 1.82) is 0 Å². The Morgan fingerprint density at radius 3 is 2.63 bits per heavy atom. The standard InChI is InChI=1S/C22H15B2FN4O/c1-28-11-16-7-5-14(10-19(16)27-28)13-4-6-15(18(25)9-13)12-29-21(30)17-3-2-8-26-20(17)22(29,23)24/h2-11H,12H2,1H3. The van der Waals surface area contributed by atoms with E-state index in [1.807, 2.05) is 37.5 Å². The Morgan fingerprint density at radius 1 is 1.10 bits per heavy atom. The van der Waals surface area contributed by atoms with E-state index in [1.54, 1.807) is 22.9 Å². The highest BCUT2D eigenvalue weighted by Gasteiger charge is 2.43. The van der Waals surface area contributed by atoms with E-state index < -0.39 is 11.2 Å². The molecule has 0 N–H and O–H groups in total. The number of rotatable bonds is 3. The van der Waals surface area contributed by atoms with Crippen LogP contribution in [-0.4, -0.2) is 41.3 Å². The van der Waals surface area contributed by atoms with E-state index in [-0.39, 0.29) is 18.1 Å². The van der Waals surface area contributed by atoms with E-state index in [1.165, 1.54) is 17.2 Å². The summed E-state index contributed by atoms with van der Waals surface area (Å²) < 4.78 is 16.7. The first kappa shape index (κ1) is 18.6. The number of aromatic nitrogens is 3. The molecule has 1 aliphatic heterocycles. The number of halogens is 1. The monoisotopic (exact) mass is 392 g/mol. The Hall–Kier alpha value is -3.41. The van der Waals surface area contributed by atoms with Gasteiger partial charge in [-0.15, -0.1) is 0 Å². The zero-order chi connectivity index (χ0) is 21.0. The molecular weight excluding hydrogens is 377 g/mol. The van der Waals surface area contributed by atoms with E-state index >= 15 is 0 Å². The molecule has 0 unspecified atom stereocenters. The highest BCUT2D eigenvalue weighted by molar-refractivity contribution is 6.42. The molecule has 30 heavy (non-hydrogen) atoms. The van der Waals surface area contributed by atoms with Gasteiger partial charge in [-0.2, -0.15) is 5.10 Å². The molecule has 1 amide bonds. The molecule has 3 heterocycles. The molecule has 5 nitrogen and oxygen atoms in total. The molecule has 5 rings (SSSR count). The van der Waals surface area contributed by atoms with E-state index in [2.05, 4.69) is 10.1 Å². The lowest BCUT2D eigenvalue weighted by Crippen LogP contribution is -2.44. The van der Waals surface area contributed by atoms with Crippen molar-refractivity contribution >= 4 is 32.5 Å². The number of amides is 1. The second kappa shape index (κ2) is 6.55. The third-order valence-corrected chi connectivity index (χ3v) is 5.45. The van der Waals surface area contributed by atoms with Crippen LogP contribution in [0.5, 0.6) is 0 Å². The summed E-state index contributed by atoms with van der Waals surface area (Å²) in [6.07, 6.45) is 3.45. The molecule has 0 atom stereocenters. The van der Waals surface area contributed by atoms with Gasteiger partial charge >= 0.3 is 0 Å². The molecule has 2 aromatic carbocycles. The van der Waals surface area contributed by atoms with Crippen LogP contribution < -0.4 is 0 Å². The van der Waals surface area contributed by atoms with Gasteiger partial charge < -0.3 is 4.90 Å². The minimum absolute atomic E-state index is 0.0619. The molecule has 4 radical (unpaired) electrons. The van der Waals surface area contributed by atoms with Crippen LogP contribution in [0, 0.1) is 5.82 Å². The van der Waals surface area contributed by atoms with Crippen molar-refractivity contribution in [3.05, 3.63) is 83.6 Å². The normalized spacial score (nSPS) is 15.0. The van der Waals surface area contributed by atoms with Gasteiger partial charge in [0, 0.05) is 42.3 Å². The molecule has 0 spiro atoms. The van der Waals surface area contributed by atoms with E-state index in [9.17, 15) is 9.18 Å². The van der Waals surface area contributed by atoms with Crippen molar-refractivity contribution in [2.75, 3.05) is 0 Å². The molecule has 0 saturated carbocycles. The molecule has 8 heteroatoms. The summed E-state index contributed by atoms with van der Waals surface area (Å²) in [6, 6.07) is 14.0. The largest absolute Gasteiger partial charge is 0.340 e. The number of carbonyl (C=O) groups excluding carboxylic acids is 1. The average Bonchev–Trinajstić information content (AvgIpc) is 3.19. The van der Waals surface area contributed by atoms with Crippen LogP contribution in [0.15, 0.2) is 60.9 Å². The SMILES string of the molecule is [B]C1([B])c2ncccc2C(=O)N1Cc1ccc(-c2ccc3cn(C)nc3c2)cc1F. The lowest BCUT2D eigenvalue weighted by Gasteiger charge is -2.33. The van der Waals surface area contributed by atoms with Crippen molar-refractivity contribution in [2.24, 2.45) is 7.05 Å². The smallest absolute Gasteiger partial charge is 0.255 e. The van der Waals surface area contributed by atoms with Crippen LogP contribution in [0.3, 0.4) is 0 Å². The van der Waals surface area contributed by atoms with Gasteiger partial charge in [-0.05, 0) is 35.4 Å². The fourth-order valence-corrected chi connectivity index (χ4v) is 3.89. The maximum atomic E-state index is 15.0. The predicted octanol–water partition coefficient (Wildman–Crippen LogP) is 2.88. The Kier molecular flexibility index (Phi) is 4.07. The van der Waals surface area contributed by atoms with Crippen LogP contribution >= 0.6 is 0 Å². The minimum atomic E-state index is -1.59. The Bertz CT molecular complexity index is 1320. The number of hydrogen-bond acceptors (Lipinski definition) is 3. The number of hydrogen-bond donors (Lipinski definition) is 0. The number of nitrogens with zero attached hydrogens (tertiary/aromatic N) is 4. The van der Waals surface area contributed by atoms with Gasteiger partial charge in [0.05, 0.1) is 32.5 Å². The third kappa shape index (κ3) is 2.83. The Morgan fingerprint density at radius 2 is 1.87 bits per heavy atom. The van der Waals surface area contributed by atoms with Crippen LogP contribution in [0.25, 0.3) is 22.0 Å². The number of carbonyl (C=O) groups is 1. The first-order valence-corrected chi connectivity index (χ1v) is 9.42. The number of pyridine rings is 1. The summed E-state index contributed by atoms with van der Waals surface area (Å²) in [7, 11) is 14.2. The van der Waals surface area contributed by atoms with Gasteiger partial charge in [-0.3, -0.25) is 14.5 Å². The fourth-order valence-electron chi connectivity index (χ4n) is 3.89. The lowest BCUT2D eigenvalue weighted by atomic mass is 9.59. The second-order valence-electron chi connectivity index (χ2n) is 7.50. The number of fused-ring (bicyclic) bond motifs is 2. The van der Waals surface area contributed by atoms with Crippen molar-refractivity contribution in [2.45, 2.75) is 11.9 Å². The lowest BCUT2D eigenvalue weighted by molar-refractivity contribution is 0.0729. The summed E-state index contributed by atoms with van der Waals surface area (Å²) in [5.74, 6) is -0.812. The van der Waals surface area contributed by atoms with E-state index in [0.717, 1.165) is 16.5 Å². The molecule has 0 aliphatic carbocycles. The van der Waals surface area contributed by atoms with Crippen molar-refractivity contribution in [3.63, 3.8) is 0 Å². The third-order valence-electron chi connectivity index (χ3n) is 5.45. The highest BCUT2D eigenvalue weighted by Crippen LogP contribution is 2.35. The zero-order valence-corrected chi connectivity index (χ0v) is 16.2. The molecule has 0 fully saturated rings. The van der Waals surface area contributed by atoms with Crippen LogP contribution in [0.1, 0.15) is 21.6 Å². The van der Waals surface area contributed by atoms with E-state index in [0.29, 0.717) is 16.7 Å². The number of benzene rings is 2. The molecule has 0 saturated heterocycles. The molecule has 1 aliphatic rings. The van der Waals surface area contributed by atoms with Crippen LogP contribution in [0.4, 0.5) is 4.39 Å². The molecule has 0 bridgehead atoms. The van der Waals surface area contributed by atoms with Crippen LogP contribution in [0.2, 0.25) is 0 Å². The first-order valence-electron chi connectivity index (χ1n) is 9.42. The topological polar surface area (TPSA) is 51.0 Å². The summed E-state index contributed by atoms with van der Waals surface area (Å²) >= 11 is 0.